The lowest BCUT2D eigenvalue weighted by Crippen LogP contribution is -2.44. The van der Waals surface area contributed by atoms with E-state index in [1.54, 1.807) is 18.2 Å². The fourth-order valence-electron chi connectivity index (χ4n) is 3.71. The van der Waals surface area contributed by atoms with E-state index >= 15 is 0 Å². The van der Waals surface area contributed by atoms with Crippen LogP contribution in [0.4, 0.5) is 0 Å². The van der Waals surface area contributed by atoms with Gasteiger partial charge in [0.25, 0.3) is 0 Å². The Morgan fingerprint density at radius 2 is 1.61 bits per heavy atom. The van der Waals surface area contributed by atoms with Crippen LogP contribution in [0, 0.1) is 0 Å². The summed E-state index contributed by atoms with van der Waals surface area (Å²) in [4.78, 5) is 14.7. The number of carbonyl (C=O) groups excluding carboxylic acids is 1. The molecule has 1 aliphatic rings. The zero-order chi connectivity index (χ0) is 22.3. The van der Waals surface area contributed by atoms with Crippen LogP contribution in [0.3, 0.4) is 0 Å². The number of benzene rings is 2. The van der Waals surface area contributed by atoms with Crippen molar-refractivity contribution in [2.45, 2.75) is 50.5 Å². The van der Waals surface area contributed by atoms with Gasteiger partial charge in [0.05, 0.1) is 17.1 Å². The fourth-order valence-corrected chi connectivity index (χ4v) is 4.76. The summed E-state index contributed by atoms with van der Waals surface area (Å²) in [5, 5.41) is 2.84. The lowest BCUT2D eigenvalue weighted by molar-refractivity contribution is -0.121. The molecule has 3 rings (SSSR count). The smallest absolute Gasteiger partial charge is 0.240 e. The average molecular weight is 446 g/mol. The summed E-state index contributed by atoms with van der Waals surface area (Å²) in [6, 6.07) is 16.3. The van der Waals surface area contributed by atoms with Crippen molar-refractivity contribution in [1.29, 1.82) is 0 Å². The molecule has 2 unspecified atom stereocenters. The number of rotatable bonds is 9. The van der Waals surface area contributed by atoms with E-state index in [-0.39, 0.29) is 36.0 Å². The third-order valence-corrected chi connectivity index (χ3v) is 6.59. The first kappa shape index (κ1) is 23.4. The number of hydrogen-bond donors (Lipinski definition) is 2. The molecule has 0 bridgehead atoms. The van der Waals surface area contributed by atoms with Gasteiger partial charge in [0, 0.05) is 39.1 Å². The van der Waals surface area contributed by atoms with Crippen LogP contribution in [-0.4, -0.2) is 51.1 Å². The van der Waals surface area contributed by atoms with Gasteiger partial charge in [0.1, 0.15) is 0 Å². The van der Waals surface area contributed by atoms with Crippen molar-refractivity contribution in [3.8, 4) is 0 Å². The zero-order valence-corrected chi connectivity index (χ0v) is 18.9. The zero-order valence-electron chi connectivity index (χ0n) is 18.1. The normalized spacial score (nSPS) is 19.8. The van der Waals surface area contributed by atoms with E-state index in [0.717, 1.165) is 25.2 Å². The van der Waals surface area contributed by atoms with Crippen molar-refractivity contribution in [2.75, 3.05) is 19.6 Å². The van der Waals surface area contributed by atoms with Gasteiger partial charge in [-0.3, -0.25) is 9.69 Å². The number of amides is 1. The Labute approximate surface area is 184 Å². The first-order valence-electron chi connectivity index (χ1n) is 10.6. The highest BCUT2D eigenvalue weighted by Gasteiger charge is 2.22. The minimum absolute atomic E-state index is 0.0540. The predicted molar refractivity (Wildman–Crippen MR) is 120 cm³/mol. The average Bonchev–Trinajstić information content (AvgIpc) is 2.73. The number of morpholine rings is 1. The largest absolute Gasteiger partial charge is 0.373 e. The van der Waals surface area contributed by atoms with E-state index in [1.807, 2.05) is 12.1 Å². The first-order chi connectivity index (χ1) is 14.8. The van der Waals surface area contributed by atoms with Gasteiger partial charge in [0.2, 0.25) is 15.9 Å². The second kappa shape index (κ2) is 10.9. The summed E-state index contributed by atoms with van der Waals surface area (Å²) in [6.45, 7) is 7.40. The summed E-state index contributed by atoms with van der Waals surface area (Å²) < 4.78 is 32.5. The molecule has 0 spiro atoms. The van der Waals surface area contributed by atoms with Crippen molar-refractivity contribution < 1.29 is 17.9 Å². The molecule has 1 heterocycles. The third kappa shape index (κ3) is 7.43. The van der Waals surface area contributed by atoms with Gasteiger partial charge in [-0.05, 0) is 37.1 Å². The number of hydrogen-bond acceptors (Lipinski definition) is 5. The van der Waals surface area contributed by atoms with Crippen molar-refractivity contribution in [1.82, 2.24) is 14.9 Å². The molecule has 0 aromatic heterocycles. The van der Waals surface area contributed by atoms with Crippen LogP contribution in [0.1, 0.15) is 31.4 Å². The highest BCUT2D eigenvalue weighted by Crippen LogP contribution is 2.15. The molecule has 2 aromatic carbocycles. The molecule has 31 heavy (non-hydrogen) atoms. The quantitative estimate of drug-likeness (QED) is 0.618. The maximum absolute atomic E-state index is 12.2. The van der Waals surface area contributed by atoms with Gasteiger partial charge in [-0.25, -0.2) is 13.1 Å². The summed E-state index contributed by atoms with van der Waals surface area (Å²) in [5.41, 5.74) is 2.23. The standard InChI is InChI=1S/C23H31N3O4S/c1-18-15-26(16-19(2)30-18)17-21-10-8-20(9-11-21)14-24-23(27)12-13-25-31(28,29)22-6-4-3-5-7-22/h3-11,18-19,25H,12-17H2,1-2H3,(H,24,27). The van der Waals surface area contributed by atoms with Crippen LogP contribution in [0.5, 0.6) is 0 Å². The predicted octanol–water partition coefficient (Wildman–Crippen LogP) is 2.28. The molecular formula is C23H31N3O4S. The van der Waals surface area contributed by atoms with Crippen molar-refractivity contribution in [3.05, 3.63) is 65.7 Å². The Morgan fingerprint density at radius 3 is 2.26 bits per heavy atom. The number of nitrogens with one attached hydrogen (secondary N) is 2. The van der Waals surface area contributed by atoms with Crippen LogP contribution in [-0.2, 0) is 32.6 Å². The molecular weight excluding hydrogens is 414 g/mol. The molecule has 1 amide bonds. The molecule has 2 N–H and O–H groups in total. The SMILES string of the molecule is CC1CN(Cc2ccc(CNC(=O)CCNS(=O)(=O)c3ccccc3)cc2)CC(C)O1. The number of carbonyl (C=O) groups is 1. The molecule has 1 aliphatic heterocycles. The topological polar surface area (TPSA) is 87.7 Å². The second-order valence-electron chi connectivity index (χ2n) is 8.01. The van der Waals surface area contributed by atoms with Crippen LogP contribution in [0.25, 0.3) is 0 Å². The van der Waals surface area contributed by atoms with Gasteiger partial charge in [0.15, 0.2) is 0 Å². The lowest BCUT2D eigenvalue weighted by atomic mass is 10.1. The fraction of sp³-hybridized carbons (Fsp3) is 0.435. The maximum atomic E-state index is 12.2. The van der Waals surface area contributed by atoms with Crippen molar-refractivity contribution in [2.24, 2.45) is 0 Å². The molecule has 8 heteroatoms. The second-order valence-corrected chi connectivity index (χ2v) is 9.77. The van der Waals surface area contributed by atoms with Crippen LogP contribution in [0.15, 0.2) is 59.5 Å². The van der Waals surface area contributed by atoms with E-state index in [0.29, 0.717) is 6.54 Å². The van der Waals surface area contributed by atoms with Gasteiger partial charge in [-0.2, -0.15) is 0 Å². The Hall–Kier alpha value is -2.26. The van der Waals surface area contributed by atoms with E-state index in [1.165, 1.54) is 17.7 Å². The van der Waals surface area contributed by atoms with Gasteiger partial charge in [-0.15, -0.1) is 0 Å². The number of ether oxygens (including phenoxy) is 1. The first-order valence-corrected chi connectivity index (χ1v) is 12.1. The van der Waals surface area contributed by atoms with E-state index in [4.69, 9.17) is 4.74 Å². The highest BCUT2D eigenvalue weighted by molar-refractivity contribution is 7.89. The number of nitrogens with zero attached hydrogens (tertiary/aromatic N) is 1. The maximum Gasteiger partial charge on any atom is 0.240 e. The molecule has 1 fully saturated rings. The lowest BCUT2D eigenvalue weighted by Gasteiger charge is -2.35. The van der Waals surface area contributed by atoms with E-state index in [2.05, 4.69) is 40.9 Å². The number of sulfonamides is 1. The summed E-state index contributed by atoms with van der Waals surface area (Å²) >= 11 is 0. The molecule has 168 valence electrons. The Balaban J connectivity index is 1.39. The molecule has 7 nitrogen and oxygen atoms in total. The Bertz CT molecular complexity index is 939. The molecule has 0 aliphatic carbocycles. The minimum Gasteiger partial charge on any atom is -0.373 e. The molecule has 1 saturated heterocycles. The van der Waals surface area contributed by atoms with Gasteiger partial charge >= 0.3 is 0 Å². The highest BCUT2D eigenvalue weighted by atomic mass is 32.2. The Kier molecular flexibility index (Phi) is 8.20. The van der Waals surface area contributed by atoms with E-state index in [9.17, 15) is 13.2 Å². The molecule has 0 radical (unpaired) electrons. The van der Waals surface area contributed by atoms with Gasteiger partial charge < -0.3 is 10.1 Å². The summed E-state index contributed by atoms with van der Waals surface area (Å²) in [6.07, 6.45) is 0.572. The monoisotopic (exact) mass is 445 g/mol. The third-order valence-electron chi connectivity index (χ3n) is 5.11. The Morgan fingerprint density at radius 1 is 1.00 bits per heavy atom. The summed E-state index contributed by atoms with van der Waals surface area (Å²) in [5.74, 6) is -0.198. The van der Waals surface area contributed by atoms with E-state index < -0.39 is 10.0 Å². The van der Waals surface area contributed by atoms with Crippen molar-refractivity contribution in [3.63, 3.8) is 0 Å². The minimum atomic E-state index is -3.59. The van der Waals surface area contributed by atoms with Gasteiger partial charge in [-0.1, -0.05) is 42.5 Å². The van der Waals surface area contributed by atoms with Crippen LogP contribution >= 0.6 is 0 Å². The van der Waals surface area contributed by atoms with Crippen molar-refractivity contribution >= 4 is 15.9 Å². The molecule has 2 aromatic rings. The molecule has 0 saturated carbocycles. The van der Waals surface area contributed by atoms with Crippen LogP contribution < -0.4 is 10.0 Å². The molecule has 2 atom stereocenters. The van der Waals surface area contributed by atoms with Crippen LogP contribution in [0.2, 0.25) is 0 Å². The summed E-state index contributed by atoms with van der Waals surface area (Å²) in [7, 11) is -3.59.